The first-order valence-electron chi connectivity index (χ1n) is 6.57. The van der Waals surface area contributed by atoms with Gasteiger partial charge in [-0.2, -0.15) is 4.31 Å². The van der Waals surface area contributed by atoms with Gasteiger partial charge in [-0.1, -0.05) is 18.5 Å². The molecule has 0 saturated carbocycles. The fraction of sp³-hybridized carbons (Fsp3) is 0.462. The molecule has 1 aromatic rings. The van der Waals surface area contributed by atoms with Gasteiger partial charge in [-0.05, 0) is 30.8 Å². The van der Waals surface area contributed by atoms with Crippen LogP contribution in [0, 0.1) is 0 Å². The summed E-state index contributed by atoms with van der Waals surface area (Å²) in [6.07, 6.45) is 0. The number of carbonyl (C=O) groups excluding carboxylic acids is 1. The van der Waals surface area contributed by atoms with E-state index in [9.17, 15) is 13.2 Å². The van der Waals surface area contributed by atoms with Crippen molar-refractivity contribution in [2.75, 3.05) is 33.2 Å². The van der Waals surface area contributed by atoms with Crippen molar-refractivity contribution in [3.05, 3.63) is 29.3 Å². The van der Waals surface area contributed by atoms with Crippen LogP contribution in [-0.2, 0) is 14.8 Å². The number of nitrogens with zero attached hydrogens (tertiary/aromatic N) is 1. The smallest absolute Gasteiger partial charge is 0.243 e. The first-order chi connectivity index (χ1) is 9.87. The van der Waals surface area contributed by atoms with E-state index in [2.05, 4.69) is 10.6 Å². The largest absolute Gasteiger partial charge is 0.354 e. The monoisotopic (exact) mass is 369 g/mol. The molecule has 0 bridgehead atoms. The maximum absolute atomic E-state index is 12.2. The molecule has 0 aliphatic heterocycles. The molecule has 22 heavy (non-hydrogen) atoms. The molecule has 0 radical (unpaired) electrons. The second-order valence-electron chi connectivity index (χ2n) is 4.42. The van der Waals surface area contributed by atoms with Crippen LogP contribution in [0.15, 0.2) is 29.2 Å². The zero-order valence-corrected chi connectivity index (χ0v) is 14.9. The average Bonchev–Trinajstić information content (AvgIpc) is 2.44. The number of carbonyl (C=O) groups is 1. The molecule has 0 atom stereocenters. The predicted molar refractivity (Wildman–Crippen MR) is 90.1 cm³/mol. The van der Waals surface area contributed by atoms with Crippen LogP contribution >= 0.6 is 24.0 Å². The van der Waals surface area contributed by atoms with Crippen LogP contribution in [0.1, 0.15) is 6.92 Å². The molecule has 0 aliphatic rings. The Labute approximate surface area is 142 Å². The van der Waals surface area contributed by atoms with Gasteiger partial charge in [0.1, 0.15) is 0 Å². The third-order valence-corrected chi connectivity index (χ3v) is 4.83. The highest BCUT2D eigenvalue weighted by Crippen LogP contribution is 2.17. The molecule has 0 spiro atoms. The number of rotatable bonds is 8. The topological polar surface area (TPSA) is 78.5 Å². The van der Waals surface area contributed by atoms with E-state index in [4.69, 9.17) is 11.6 Å². The van der Waals surface area contributed by atoms with Crippen molar-refractivity contribution in [1.29, 1.82) is 0 Å². The third kappa shape index (κ3) is 6.50. The lowest BCUT2D eigenvalue weighted by Gasteiger charge is -2.17. The summed E-state index contributed by atoms with van der Waals surface area (Å²) >= 11 is 5.73. The van der Waals surface area contributed by atoms with E-state index in [1.807, 2.05) is 6.92 Å². The van der Waals surface area contributed by atoms with Crippen molar-refractivity contribution in [2.45, 2.75) is 11.8 Å². The zero-order chi connectivity index (χ0) is 15.9. The second-order valence-corrected chi connectivity index (χ2v) is 6.90. The van der Waals surface area contributed by atoms with Gasteiger partial charge < -0.3 is 10.6 Å². The standard InChI is InChI=1S/C13H20ClN3O3S.ClH/c1-3-15-8-9-16-13(18)10-17(2)21(19,20)12-6-4-11(14)5-7-12;/h4-7,15H,3,8-10H2,1-2H3,(H,16,18);1H. The Morgan fingerprint density at radius 1 is 1.23 bits per heavy atom. The molecule has 0 saturated heterocycles. The first-order valence-corrected chi connectivity index (χ1v) is 8.39. The van der Waals surface area contributed by atoms with Gasteiger partial charge in [0, 0.05) is 25.2 Å². The number of sulfonamides is 1. The van der Waals surface area contributed by atoms with Gasteiger partial charge in [-0.3, -0.25) is 4.79 Å². The minimum Gasteiger partial charge on any atom is -0.354 e. The highest BCUT2D eigenvalue weighted by Gasteiger charge is 2.22. The molecule has 0 unspecified atom stereocenters. The third-order valence-electron chi connectivity index (χ3n) is 2.76. The molecule has 0 fully saturated rings. The van der Waals surface area contributed by atoms with Gasteiger partial charge in [0.2, 0.25) is 15.9 Å². The number of hydrogen-bond acceptors (Lipinski definition) is 4. The van der Waals surface area contributed by atoms with E-state index in [0.29, 0.717) is 18.1 Å². The number of nitrogens with one attached hydrogen (secondary N) is 2. The molecular formula is C13H21Cl2N3O3S. The van der Waals surface area contributed by atoms with Crippen LogP contribution in [0.25, 0.3) is 0 Å². The van der Waals surface area contributed by atoms with E-state index in [0.717, 1.165) is 10.8 Å². The average molecular weight is 370 g/mol. The van der Waals surface area contributed by atoms with E-state index in [1.165, 1.54) is 31.3 Å². The van der Waals surface area contributed by atoms with Crippen molar-refractivity contribution in [1.82, 2.24) is 14.9 Å². The van der Waals surface area contributed by atoms with Crippen LogP contribution in [0.5, 0.6) is 0 Å². The van der Waals surface area contributed by atoms with Crippen LogP contribution in [0.4, 0.5) is 0 Å². The van der Waals surface area contributed by atoms with E-state index < -0.39 is 10.0 Å². The predicted octanol–water partition coefficient (Wildman–Crippen LogP) is 1.11. The SMILES string of the molecule is CCNCCNC(=O)CN(C)S(=O)(=O)c1ccc(Cl)cc1.Cl. The molecule has 6 nitrogen and oxygen atoms in total. The summed E-state index contributed by atoms with van der Waals surface area (Å²) in [5.41, 5.74) is 0. The van der Waals surface area contributed by atoms with Crippen molar-refractivity contribution >= 4 is 39.9 Å². The molecule has 1 aromatic carbocycles. The summed E-state index contributed by atoms with van der Waals surface area (Å²) in [7, 11) is -2.32. The van der Waals surface area contributed by atoms with Crippen molar-refractivity contribution in [3.8, 4) is 0 Å². The number of hydrogen-bond donors (Lipinski definition) is 2. The minimum absolute atomic E-state index is 0. The van der Waals surface area contributed by atoms with Gasteiger partial charge in [0.15, 0.2) is 0 Å². The molecule has 1 rings (SSSR count). The van der Waals surface area contributed by atoms with Gasteiger partial charge in [-0.25, -0.2) is 8.42 Å². The quantitative estimate of drug-likeness (QED) is 0.672. The lowest BCUT2D eigenvalue weighted by atomic mass is 10.4. The van der Waals surface area contributed by atoms with Crippen LogP contribution in [0.3, 0.4) is 0 Å². The van der Waals surface area contributed by atoms with Crippen LogP contribution in [0.2, 0.25) is 5.02 Å². The molecule has 0 aromatic heterocycles. The summed E-state index contributed by atoms with van der Waals surface area (Å²) < 4.78 is 25.5. The Hall–Kier alpha value is -0.860. The molecule has 2 N–H and O–H groups in total. The van der Waals surface area contributed by atoms with E-state index in [-0.39, 0.29) is 29.8 Å². The number of benzene rings is 1. The fourth-order valence-corrected chi connectivity index (χ4v) is 2.85. The molecule has 126 valence electrons. The van der Waals surface area contributed by atoms with Crippen molar-refractivity contribution in [3.63, 3.8) is 0 Å². The summed E-state index contributed by atoms with van der Waals surface area (Å²) in [4.78, 5) is 11.8. The Kier molecular flexibility index (Phi) is 9.63. The molecule has 9 heteroatoms. The Morgan fingerprint density at radius 3 is 2.36 bits per heavy atom. The molecule has 1 amide bonds. The Bertz CT molecular complexity index is 564. The molecule has 0 heterocycles. The van der Waals surface area contributed by atoms with Gasteiger partial charge in [0.25, 0.3) is 0 Å². The second kappa shape index (κ2) is 10.0. The number of likely N-dealkylation sites (N-methyl/N-ethyl adjacent to an activating group) is 2. The van der Waals surface area contributed by atoms with Gasteiger partial charge in [0.05, 0.1) is 11.4 Å². The maximum atomic E-state index is 12.2. The van der Waals surface area contributed by atoms with E-state index in [1.54, 1.807) is 0 Å². The normalized spacial score (nSPS) is 11.1. The lowest BCUT2D eigenvalue weighted by molar-refractivity contribution is -0.121. The Morgan fingerprint density at radius 2 is 1.82 bits per heavy atom. The summed E-state index contributed by atoms with van der Waals surface area (Å²) in [6.45, 7) is 3.67. The fourth-order valence-electron chi connectivity index (χ4n) is 1.60. The highest BCUT2D eigenvalue weighted by molar-refractivity contribution is 7.89. The zero-order valence-electron chi connectivity index (χ0n) is 12.5. The summed E-state index contributed by atoms with van der Waals surface area (Å²) in [5.74, 6) is -0.340. The highest BCUT2D eigenvalue weighted by atomic mass is 35.5. The van der Waals surface area contributed by atoms with Crippen molar-refractivity contribution < 1.29 is 13.2 Å². The molecule has 0 aliphatic carbocycles. The molecular weight excluding hydrogens is 349 g/mol. The summed E-state index contributed by atoms with van der Waals surface area (Å²) in [6, 6.07) is 5.83. The van der Waals surface area contributed by atoms with Gasteiger partial charge >= 0.3 is 0 Å². The summed E-state index contributed by atoms with van der Waals surface area (Å²) in [5, 5.41) is 6.17. The minimum atomic E-state index is -3.69. The van der Waals surface area contributed by atoms with Crippen LogP contribution in [-0.4, -0.2) is 51.9 Å². The van der Waals surface area contributed by atoms with Gasteiger partial charge in [-0.15, -0.1) is 12.4 Å². The number of halogens is 2. The van der Waals surface area contributed by atoms with Crippen molar-refractivity contribution in [2.24, 2.45) is 0 Å². The van der Waals surface area contributed by atoms with Crippen LogP contribution < -0.4 is 10.6 Å². The van der Waals surface area contributed by atoms with E-state index >= 15 is 0 Å². The lowest BCUT2D eigenvalue weighted by Crippen LogP contribution is -2.40. The maximum Gasteiger partial charge on any atom is 0.243 e. The first kappa shape index (κ1) is 21.1. The Balaban J connectivity index is 0.00000441. The number of amides is 1.